The van der Waals surface area contributed by atoms with E-state index in [9.17, 15) is 9.59 Å². The van der Waals surface area contributed by atoms with Gasteiger partial charge >= 0.3 is 0 Å². The fourth-order valence-corrected chi connectivity index (χ4v) is 1.84. The van der Waals surface area contributed by atoms with Crippen molar-refractivity contribution in [3.05, 3.63) is 59.1 Å². The van der Waals surface area contributed by atoms with E-state index in [1.54, 1.807) is 48.5 Å². The van der Waals surface area contributed by atoms with Crippen LogP contribution in [0.3, 0.4) is 0 Å². The minimum absolute atomic E-state index is 0.303. The van der Waals surface area contributed by atoms with Gasteiger partial charge in [-0.2, -0.15) is 5.26 Å². The first-order valence-corrected chi connectivity index (χ1v) is 6.80. The van der Waals surface area contributed by atoms with E-state index in [-0.39, 0.29) is 6.42 Å². The Morgan fingerprint density at radius 1 is 0.909 bits per heavy atom. The number of nitriles is 1. The topological polar surface area (TPSA) is 82.0 Å². The van der Waals surface area contributed by atoms with E-state index in [1.807, 2.05) is 6.07 Å². The Morgan fingerprint density at radius 3 is 1.82 bits per heavy atom. The van der Waals surface area contributed by atoms with Crippen molar-refractivity contribution in [3.8, 4) is 6.07 Å². The van der Waals surface area contributed by atoms with E-state index in [4.69, 9.17) is 16.9 Å². The summed E-state index contributed by atoms with van der Waals surface area (Å²) in [6.07, 6.45) is -0.303. The molecule has 0 aliphatic rings. The molecule has 0 aromatic heterocycles. The van der Waals surface area contributed by atoms with Crippen molar-refractivity contribution in [3.63, 3.8) is 0 Å². The van der Waals surface area contributed by atoms with Crippen molar-refractivity contribution in [2.24, 2.45) is 0 Å². The summed E-state index contributed by atoms with van der Waals surface area (Å²) < 4.78 is 0. The van der Waals surface area contributed by atoms with Crippen molar-refractivity contribution >= 4 is 34.8 Å². The number of carbonyl (C=O) groups excluding carboxylic acids is 2. The summed E-state index contributed by atoms with van der Waals surface area (Å²) in [5, 5.41) is 14.4. The zero-order valence-corrected chi connectivity index (χ0v) is 12.2. The Hall–Kier alpha value is -2.84. The second-order valence-corrected chi connectivity index (χ2v) is 4.91. The molecule has 2 N–H and O–H groups in total. The number of benzene rings is 2. The number of nitrogens with zero attached hydrogens (tertiary/aromatic N) is 1. The van der Waals surface area contributed by atoms with E-state index < -0.39 is 11.8 Å². The Morgan fingerprint density at radius 2 is 1.36 bits per heavy atom. The summed E-state index contributed by atoms with van der Waals surface area (Å²) in [5.41, 5.74) is 1.60. The molecule has 2 aromatic rings. The summed E-state index contributed by atoms with van der Waals surface area (Å²) in [6, 6.07) is 15.0. The Balaban J connectivity index is 1.86. The molecule has 0 unspecified atom stereocenters. The van der Waals surface area contributed by atoms with Crippen LogP contribution in [-0.4, -0.2) is 11.8 Å². The van der Waals surface area contributed by atoms with Gasteiger partial charge in [-0.1, -0.05) is 11.6 Å². The summed E-state index contributed by atoms with van der Waals surface area (Å²) in [7, 11) is 0. The first-order valence-electron chi connectivity index (χ1n) is 6.42. The van der Waals surface area contributed by atoms with Crippen LogP contribution < -0.4 is 10.6 Å². The molecule has 0 aliphatic carbocycles. The third kappa shape index (κ3) is 4.62. The average Bonchev–Trinajstić information content (AvgIpc) is 2.50. The molecule has 2 amide bonds. The van der Waals surface area contributed by atoms with Gasteiger partial charge in [0, 0.05) is 16.4 Å². The maximum Gasteiger partial charge on any atom is 0.233 e. The molecule has 0 saturated heterocycles. The molecular weight excluding hydrogens is 302 g/mol. The van der Waals surface area contributed by atoms with Gasteiger partial charge in [0.25, 0.3) is 0 Å². The van der Waals surface area contributed by atoms with Crippen LogP contribution in [0.2, 0.25) is 5.02 Å². The van der Waals surface area contributed by atoms with Gasteiger partial charge in [-0.15, -0.1) is 0 Å². The number of halogens is 1. The van der Waals surface area contributed by atoms with Gasteiger partial charge in [0.1, 0.15) is 6.42 Å². The quantitative estimate of drug-likeness (QED) is 0.850. The van der Waals surface area contributed by atoms with Gasteiger partial charge in [0.05, 0.1) is 11.6 Å². The Kier molecular flexibility index (Phi) is 5.12. The van der Waals surface area contributed by atoms with Gasteiger partial charge in [-0.25, -0.2) is 0 Å². The minimum Gasteiger partial charge on any atom is -0.326 e. The molecule has 0 fully saturated rings. The van der Waals surface area contributed by atoms with Gasteiger partial charge in [0.2, 0.25) is 11.8 Å². The summed E-state index contributed by atoms with van der Waals surface area (Å²) in [4.78, 5) is 23.5. The van der Waals surface area contributed by atoms with Gasteiger partial charge < -0.3 is 10.6 Å². The monoisotopic (exact) mass is 313 g/mol. The van der Waals surface area contributed by atoms with Crippen LogP contribution in [0.1, 0.15) is 12.0 Å². The molecule has 0 radical (unpaired) electrons. The molecule has 5 nitrogen and oxygen atoms in total. The maximum atomic E-state index is 11.8. The maximum absolute atomic E-state index is 11.8. The smallest absolute Gasteiger partial charge is 0.233 e. The lowest BCUT2D eigenvalue weighted by atomic mass is 10.2. The third-order valence-electron chi connectivity index (χ3n) is 2.75. The predicted octanol–water partition coefficient (Wildman–Crippen LogP) is 3.18. The first kappa shape index (κ1) is 15.5. The van der Waals surface area contributed by atoms with Crippen molar-refractivity contribution < 1.29 is 9.59 Å². The summed E-state index contributed by atoms with van der Waals surface area (Å²) >= 11 is 5.75. The molecule has 0 bridgehead atoms. The molecule has 22 heavy (non-hydrogen) atoms. The highest BCUT2D eigenvalue weighted by Crippen LogP contribution is 2.14. The Labute approximate surface area is 132 Å². The molecule has 0 spiro atoms. The van der Waals surface area contributed by atoms with Crippen LogP contribution >= 0.6 is 11.6 Å². The number of anilines is 2. The van der Waals surface area contributed by atoms with Gasteiger partial charge in [0.15, 0.2) is 0 Å². The van der Waals surface area contributed by atoms with Crippen LogP contribution in [0.5, 0.6) is 0 Å². The van der Waals surface area contributed by atoms with E-state index >= 15 is 0 Å². The summed E-state index contributed by atoms with van der Waals surface area (Å²) in [6.45, 7) is 0. The number of rotatable bonds is 4. The highest BCUT2D eigenvalue weighted by Gasteiger charge is 2.10. The summed E-state index contributed by atoms with van der Waals surface area (Å²) in [5.74, 6) is -0.857. The van der Waals surface area contributed by atoms with E-state index in [0.717, 1.165) is 0 Å². The van der Waals surface area contributed by atoms with Crippen LogP contribution in [0.25, 0.3) is 0 Å². The standard InChI is InChI=1S/C16H12ClN3O2/c17-12-3-7-14(8-4-12)20-16(22)9-15(21)19-13-5-1-11(10-18)2-6-13/h1-8H,9H2,(H,19,21)(H,20,22). The third-order valence-corrected chi connectivity index (χ3v) is 3.00. The van der Waals surface area contributed by atoms with Crippen molar-refractivity contribution in [2.45, 2.75) is 6.42 Å². The largest absolute Gasteiger partial charge is 0.326 e. The molecule has 6 heteroatoms. The molecule has 2 rings (SSSR count). The fourth-order valence-electron chi connectivity index (χ4n) is 1.72. The molecule has 0 saturated carbocycles. The van der Waals surface area contributed by atoms with Crippen LogP contribution in [-0.2, 0) is 9.59 Å². The second-order valence-electron chi connectivity index (χ2n) is 4.47. The minimum atomic E-state index is -0.434. The fraction of sp³-hybridized carbons (Fsp3) is 0.0625. The zero-order valence-electron chi connectivity index (χ0n) is 11.5. The SMILES string of the molecule is N#Cc1ccc(NC(=O)CC(=O)Nc2ccc(Cl)cc2)cc1. The van der Waals surface area contributed by atoms with Crippen LogP contribution in [0.4, 0.5) is 11.4 Å². The lowest BCUT2D eigenvalue weighted by molar-refractivity contribution is -0.123. The molecule has 0 heterocycles. The Bertz CT molecular complexity index is 719. The lowest BCUT2D eigenvalue weighted by Gasteiger charge is -2.07. The normalized spacial score (nSPS) is 9.64. The molecule has 0 atom stereocenters. The predicted molar refractivity (Wildman–Crippen MR) is 84.5 cm³/mol. The number of hydrogen-bond donors (Lipinski definition) is 2. The number of hydrogen-bond acceptors (Lipinski definition) is 3. The molecule has 0 aliphatic heterocycles. The lowest BCUT2D eigenvalue weighted by Crippen LogP contribution is -2.21. The highest BCUT2D eigenvalue weighted by molar-refractivity contribution is 6.30. The van der Waals surface area contributed by atoms with E-state index in [2.05, 4.69) is 10.6 Å². The van der Waals surface area contributed by atoms with Crippen LogP contribution in [0, 0.1) is 11.3 Å². The molecule has 2 aromatic carbocycles. The average molecular weight is 314 g/mol. The van der Waals surface area contributed by atoms with E-state index in [0.29, 0.717) is 22.0 Å². The van der Waals surface area contributed by atoms with E-state index in [1.165, 1.54) is 0 Å². The molecular formula is C16H12ClN3O2. The number of carbonyl (C=O) groups is 2. The van der Waals surface area contributed by atoms with Crippen molar-refractivity contribution in [2.75, 3.05) is 10.6 Å². The van der Waals surface area contributed by atoms with Gasteiger partial charge in [-0.3, -0.25) is 9.59 Å². The first-order chi connectivity index (χ1) is 10.6. The number of nitrogens with one attached hydrogen (secondary N) is 2. The van der Waals surface area contributed by atoms with Crippen molar-refractivity contribution in [1.82, 2.24) is 0 Å². The zero-order chi connectivity index (χ0) is 15.9. The highest BCUT2D eigenvalue weighted by atomic mass is 35.5. The van der Waals surface area contributed by atoms with Crippen molar-refractivity contribution in [1.29, 1.82) is 5.26 Å². The molecule has 110 valence electrons. The van der Waals surface area contributed by atoms with Crippen LogP contribution in [0.15, 0.2) is 48.5 Å². The second kappa shape index (κ2) is 7.25. The van der Waals surface area contributed by atoms with Gasteiger partial charge in [-0.05, 0) is 48.5 Å². The number of amides is 2.